The van der Waals surface area contributed by atoms with E-state index in [2.05, 4.69) is 4.90 Å². The van der Waals surface area contributed by atoms with E-state index in [9.17, 15) is 9.90 Å². The van der Waals surface area contributed by atoms with Crippen LogP contribution >= 0.6 is 22.9 Å². The fourth-order valence-corrected chi connectivity index (χ4v) is 4.63. The Bertz CT molecular complexity index is 514. The molecule has 1 N–H and O–H groups in total. The summed E-state index contributed by atoms with van der Waals surface area (Å²) in [5.41, 5.74) is 0. The second-order valence-electron chi connectivity index (χ2n) is 6.31. The highest BCUT2D eigenvalue weighted by atomic mass is 35.5. The molecule has 0 bridgehead atoms. The van der Waals surface area contributed by atoms with Crippen molar-refractivity contribution in [3.63, 3.8) is 0 Å². The van der Waals surface area contributed by atoms with E-state index in [4.69, 9.17) is 11.6 Å². The van der Waals surface area contributed by atoms with Crippen molar-refractivity contribution in [2.75, 3.05) is 32.8 Å². The molecule has 0 radical (unpaired) electrons. The highest BCUT2D eigenvalue weighted by Gasteiger charge is 2.31. The summed E-state index contributed by atoms with van der Waals surface area (Å²) in [5.74, 6) is 0.539. The predicted octanol–water partition coefficient (Wildman–Crippen LogP) is 2.71. The first-order valence-electron chi connectivity index (χ1n) is 8.06. The lowest BCUT2D eigenvalue weighted by Crippen LogP contribution is -2.52. The molecule has 2 fully saturated rings. The van der Waals surface area contributed by atoms with E-state index in [0.29, 0.717) is 28.5 Å². The summed E-state index contributed by atoms with van der Waals surface area (Å²) in [4.78, 5) is 17.7. The van der Waals surface area contributed by atoms with Crippen LogP contribution in [-0.4, -0.2) is 59.6 Å². The summed E-state index contributed by atoms with van der Waals surface area (Å²) in [5, 5.41) is 11.7. The largest absolute Gasteiger partial charge is 0.396 e. The van der Waals surface area contributed by atoms with E-state index in [1.165, 1.54) is 11.3 Å². The molecule has 22 heavy (non-hydrogen) atoms. The van der Waals surface area contributed by atoms with Crippen molar-refractivity contribution in [3.8, 4) is 0 Å². The number of aliphatic hydroxyl groups excluding tert-OH is 1. The quantitative estimate of drug-likeness (QED) is 0.918. The smallest absolute Gasteiger partial charge is 0.265 e. The summed E-state index contributed by atoms with van der Waals surface area (Å²) < 4.78 is 0. The molecule has 3 heterocycles. The molecule has 0 spiro atoms. The Morgan fingerprint density at radius 2 is 2.09 bits per heavy atom. The molecule has 1 amide bonds. The number of halogens is 1. The van der Waals surface area contributed by atoms with Crippen molar-refractivity contribution in [1.82, 2.24) is 9.80 Å². The molecule has 0 aliphatic carbocycles. The molecule has 1 atom stereocenters. The molecule has 0 saturated carbocycles. The van der Waals surface area contributed by atoms with Crippen LogP contribution in [0.2, 0.25) is 5.02 Å². The monoisotopic (exact) mass is 342 g/mol. The van der Waals surface area contributed by atoms with Gasteiger partial charge in [0.2, 0.25) is 0 Å². The summed E-state index contributed by atoms with van der Waals surface area (Å²) in [6.45, 7) is 4.02. The first kappa shape index (κ1) is 16.2. The van der Waals surface area contributed by atoms with Crippen molar-refractivity contribution >= 4 is 28.8 Å². The van der Waals surface area contributed by atoms with Gasteiger partial charge in [-0.2, -0.15) is 0 Å². The lowest BCUT2D eigenvalue weighted by atomic mass is 9.94. The Morgan fingerprint density at radius 1 is 1.32 bits per heavy atom. The van der Waals surface area contributed by atoms with Crippen LogP contribution in [0.25, 0.3) is 0 Å². The van der Waals surface area contributed by atoms with E-state index < -0.39 is 0 Å². The average molecular weight is 343 g/mol. The lowest BCUT2D eigenvalue weighted by molar-refractivity contribution is 0.0449. The van der Waals surface area contributed by atoms with Gasteiger partial charge in [0.1, 0.15) is 4.88 Å². The van der Waals surface area contributed by atoms with Gasteiger partial charge < -0.3 is 10.0 Å². The van der Waals surface area contributed by atoms with Crippen molar-refractivity contribution < 1.29 is 9.90 Å². The number of rotatable bonds is 3. The Balaban J connectivity index is 1.60. The van der Waals surface area contributed by atoms with Gasteiger partial charge in [-0.15, -0.1) is 11.3 Å². The van der Waals surface area contributed by atoms with Gasteiger partial charge >= 0.3 is 0 Å². The number of aliphatic hydroxyl groups is 1. The highest BCUT2D eigenvalue weighted by molar-refractivity contribution is 7.12. The van der Waals surface area contributed by atoms with Crippen LogP contribution in [0.4, 0.5) is 0 Å². The van der Waals surface area contributed by atoms with Crippen LogP contribution in [0.15, 0.2) is 11.4 Å². The maximum Gasteiger partial charge on any atom is 0.265 e. The number of carbonyl (C=O) groups excluding carboxylic acids is 1. The molecular formula is C16H23ClN2O2S. The van der Waals surface area contributed by atoms with E-state index in [-0.39, 0.29) is 5.91 Å². The number of piperidine rings is 2. The highest BCUT2D eigenvalue weighted by Crippen LogP contribution is 2.27. The molecule has 3 rings (SSSR count). The summed E-state index contributed by atoms with van der Waals surface area (Å²) in [7, 11) is 0. The van der Waals surface area contributed by atoms with E-state index in [0.717, 1.165) is 51.9 Å². The number of hydrogen-bond donors (Lipinski definition) is 1. The lowest BCUT2D eigenvalue weighted by Gasteiger charge is -2.42. The zero-order chi connectivity index (χ0) is 15.5. The molecule has 2 aliphatic rings. The van der Waals surface area contributed by atoms with Crippen molar-refractivity contribution in [3.05, 3.63) is 21.3 Å². The van der Waals surface area contributed by atoms with Crippen LogP contribution in [0.1, 0.15) is 35.4 Å². The van der Waals surface area contributed by atoms with Crippen LogP contribution in [0, 0.1) is 5.92 Å². The maximum absolute atomic E-state index is 12.6. The number of thiophene rings is 1. The Labute approximate surface area is 140 Å². The number of carbonyl (C=O) groups is 1. The van der Waals surface area contributed by atoms with E-state index in [1.807, 2.05) is 10.3 Å². The van der Waals surface area contributed by atoms with Crippen LogP contribution in [0.5, 0.6) is 0 Å². The van der Waals surface area contributed by atoms with Gasteiger partial charge in [-0.3, -0.25) is 9.69 Å². The Kier molecular flexibility index (Phi) is 5.39. The third-order valence-electron chi connectivity index (χ3n) is 4.92. The third kappa shape index (κ3) is 3.48. The number of amides is 1. The SMILES string of the molecule is O=C(c1sccc1Cl)N1CCC[C@@H](N2CCC(CO)CC2)C1. The number of likely N-dealkylation sites (tertiary alicyclic amines) is 2. The van der Waals surface area contributed by atoms with Crippen LogP contribution in [-0.2, 0) is 0 Å². The third-order valence-corrected chi connectivity index (χ3v) is 6.25. The second kappa shape index (κ2) is 7.30. The normalized spacial score (nSPS) is 24.6. The fraction of sp³-hybridized carbons (Fsp3) is 0.688. The Hall–Kier alpha value is -0.620. The molecule has 1 aromatic heterocycles. The van der Waals surface area contributed by atoms with Gasteiger partial charge in [0, 0.05) is 25.7 Å². The van der Waals surface area contributed by atoms with Crippen molar-refractivity contribution in [2.24, 2.45) is 5.92 Å². The molecule has 0 unspecified atom stereocenters. The average Bonchev–Trinajstić information content (AvgIpc) is 3.00. The Morgan fingerprint density at radius 3 is 2.73 bits per heavy atom. The first-order chi connectivity index (χ1) is 10.7. The fourth-order valence-electron chi connectivity index (χ4n) is 3.53. The van der Waals surface area contributed by atoms with E-state index in [1.54, 1.807) is 6.07 Å². The molecule has 0 aromatic carbocycles. The second-order valence-corrected chi connectivity index (χ2v) is 7.63. The van der Waals surface area contributed by atoms with Gasteiger partial charge in [-0.25, -0.2) is 0 Å². The minimum absolute atomic E-state index is 0.0787. The van der Waals surface area contributed by atoms with Crippen molar-refractivity contribution in [2.45, 2.75) is 31.7 Å². The molecule has 2 saturated heterocycles. The van der Waals surface area contributed by atoms with Gasteiger partial charge in [0.15, 0.2) is 0 Å². The molecule has 4 nitrogen and oxygen atoms in total. The molecular weight excluding hydrogens is 320 g/mol. The molecule has 122 valence electrons. The number of nitrogens with zero attached hydrogens (tertiary/aromatic N) is 2. The summed E-state index contributed by atoms with van der Waals surface area (Å²) >= 11 is 7.53. The topological polar surface area (TPSA) is 43.8 Å². The summed E-state index contributed by atoms with van der Waals surface area (Å²) in [6, 6.07) is 2.25. The van der Waals surface area contributed by atoms with Gasteiger partial charge in [0.25, 0.3) is 5.91 Å². The van der Waals surface area contributed by atoms with E-state index >= 15 is 0 Å². The zero-order valence-electron chi connectivity index (χ0n) is 12.7. The predicted molar refractivity (Wildman–Crippen MR) is 89.6 cm³/mol. The minimum Gasteiger partial charge on any atom is -0.396 e. The minimum atomic E-state index is 0.0787. The van der Waals surface area contributed by atoms with Gasteiger partial charge in [0.05, 0.1) is 5.02 Å². The molecule has 6 heteroatoms. The molecule has 1 aromatic rings. The maximum atomic E-state index is 12.6. The van der Waals surface area contributed by atoms with Crippen LogP contribution in [0.3, 0.4) is 0 Å². The first-order valence-corrected chi connectivity index (χ1v) is 9.32. The standard InChI is InChI=1S/C16H23ClN2O2S/c17-14-5-9-22-15(14)16(21)19-6-1-2-13(10-19)18-7-3-12(11-20)4-8-18/h5,9,12-13,20H,1-4,6-8,10-11H2/t13-/m1/s1. The molecule has 2 aliphatic heterocycles. The van der Waals surface area contributed by atoms with Gasteiger partial charge in [-0.05, 0) is 56.1 Å². The summed E-state index contributed by atoms with van der Waals surface area (Å²) in [6.07, 6.45) is 4.35. The van der Waals surface area contributed by atoms with Crippen LogP contribution < -0.4 is 0 Å². The number of hydrogen-bond acceptors (Lipinski definition) is 4. The van der Waals surface area contributed by atoms with Gasteiger partial charge in [-0.1, -0.05) is 11.6 Å². The van der Waals surface area contributed by atoms with Crippen molar-refractivity contribution in [1.29, 1.82) is 0 Å². The zero-order valence-corrected chi connectivity index (χ0v) is 14.3.